The summed E-state index contributed by atoms with van der Waals surface area (Å²) < 4.78 is 13.1. The molecule has 18 heavy (non-hydrogen) atoms. The highest BCUT2D eigenvalue weighted by Crippen LogP contribution is 2.63. The largest absolute Gasteiger partial charge is 0.396 e. The van der Waals surface area contributed by atoms with Crippen LogP contribution in [0.15, 0.2) is 18.2 Å². The van der Waals surface area contributed by atoms with Gasteiger partial charge >= 0.3 is 0 Å². The van der Waals surface area contributed by atoms with Crippen molar-refractivity contribution in [1.29, 1.82) is 0 Å². The van der Waals surface area contributed by atoms with Gasteiger partial charge in [0.25, 0.3) is 0 Å². The number of nitrogen functional groups attached to an aromatic ring is 1. The molecule has 0 aromatic heterocycles. The molecule has 1 aliphatic heterocycles. The van der Waals surface area contributed by atoms with Crippen LogP contribution in [0.25, 0.3) is 0 Å². The first kappa shape index (κ1) is 11.2. The monoisotopic (exact) mass is 248 g/mol. The van der Waals surface area contributed by atoms with Gasteiger partial charge in [-0.2, -0.15) is 0 Å². The summed E-state index contributed by atoms with van der Waals surface area (Å²) in [6.07, 6.45) is 0. The Bertz CT molecular complexity index is 558. The highest BCUT2D eigenvalue weighted by molar-refractivity contribution is 6.25. The minimum Gasteiger partial charge on any atom is -0.396 e. The van der Waals surface area contributed by atoms with Gasteiger partial charge in [-0.15, -0.1) is 0 Å². The number of imide groups is 1. The number of nitrogens with zero attached hydrogens (tertiary/aromatic N) is 1. The fraction of sp³-hybridized carbons (Fsp3) is 0.385. The van der Waals surface area contributed by atoms with Gasteiger partial charge in [0.2, 0.25) is 11.8 Å². The second kappa shape index (κ2) is 3.10. The molecule has 1 saturated heterocycles. The lowest BCUT2D eigenvalue weighted by molar-refractivity contribution is -0.125. The molecule has 2 amide bonds. The average molecular weight is 248 g/mol. The lowest BCUT2D eigenvalue weighted by Gasteiger charge is -2.20. The molecule has 2 aliphatic rings. The molecule has 1 heterocycles. The summed E-state index contributed by atoms with van der Waals surface area (Å²) in [4.78, 5) is 25.4. The number of anilines is 2. The van der Waals surface area contributed by atoms with E-state index in [2.05, 4.69) is 0 Å². The first-order valence-corrected chi connectivity index (χ1v) is 5.78. The van der Waals surface area contributed by atoms with Crippen molar-refractivity contribution >= 4 is 23.2 Å². The summed E-state index contributed by atoms with van der Waals surface area (Å²) in [5.41, 5.74) is 5.51. The lowest BCUT2D eigenvalue weighted by atomic mass is 10.1. The minimum absolute atomic E-state index is 0.0621. The zero-order valence-corrected chi connectivity index (χ0v) is 10.1. The molecule has 4 nitrogen and oxygen atoms in total. The number of amides is 2. The molecule has 94 valence electrons. The zero-order valence-electron chi connectivity index (χ0n) is 10.1. The van der Waals surface area contributed by atoms with Gasteiger partial charge in [0, 0.05) is 0 Å². The predicted octanol–water partition coefficient (Wildman–Crippen LogP) is 1.55. The van der Waals surface area contributed by atoms with Crippen LogP contribution < -0.4 is 10.6 Å². The maximum Gasteiger partial charge on any atom is 0.238 e. The molecule has 1 saturated carbocycles. The fourth-order valence-electron chi connectivity index (χ4n) is 2.87. The first-order valence-electron chi connectivity index (χ1n) is 5.78. The molecule has 2 atom stereocenters. The van der Waals surface area contributed by atoms with Crippen molar-refractivity contribution in [2.45, 2.75) is 13.8 Å². The standard InChI is InChI=1S/C13H13FN2O2/c1-13(2)9-10(13)12(18)16(11(9)17)6-3-4-7(14)8(15)5-6/h3-5,9-10H,15H2,1-2H3. The van der Waals surface area contributed by atoms with E-state index in [0.29, 0.717) is 5.69 Å². The third-order valence-corrected chi connectivity index (χ3v) is 4.04. The van der Waals surface area contributed by atoms with Gasteiger partial charge in [-0.3, -0.25) is 9.59 Å². The van der Waals surface area contributed by atoms with Gasteiger partial charge in [-0.25, -0.2) is 9.29 Å². The van der Waals surface area contributed by atoms with Crippen LogP contribution in [0.5, 0.6) is 0 Å². The molecule has 2 N–H and O–H groups in total. The van der Waals surface area contributed by atoms with Crippen LogP contribution in [0, 0.1) is 23.1 Å². The van der Waals surface area contributed by atoms with E-state index < -0.39 is 5.82 Å². The molecule has 2 unspecified atom stereocenters. The molecular formula is C13H13FN2O2. The molecule has 0 spiro atoms. The summed E-state index contributed by atoms with van der Waals surface area (Å²) in [5.74, 6) is -1.45. The lowest BCUT2D eigenvalue weighted by Crippen LogP contribution is -2.36. The second-order valence-corrected chi connectivity index (χ2v) is 5.49. The van der Waals surface area contributed by atoms with Crippen molar-refractivity contribution in [3.8, 4) is 0 Å². The number of halogens is 1. The van der Waals surface area contributed by atoms with Gasteiger partial charge < -0.3 is 5.73 Å². The van der Waals surface area contributed by atoms with Crippen molar-refractivity contribution in [2.24, 2.45) is 17.3 Å². The van der Waals surface area contributed by atoms with Crippen LogP contribution >= 0.6 is 0 Å². The number of carbonyl (C=O) groups is 2. The third kappa shape index (κ3) is 1.19. The molecular weight excluding hydrogens is 235 g/mol. The number of hydrogen-bond acceptors (Lipinski definition) is 3. The Morgan fingerprint density at radius 2 is 1.78 bits per heavy atom. The second-order valence-electron chi connectivity index (χ2n) is 5.49. The molecule has 1 aromatic carbocycles. The predicted molar refractivity (Wildman–Crippen MR) is 64.1 cm³/mol. The Kier molecular flexibility index (Phi) is 1.93. The summed E-state index contributed by atoms with van der Waals surface area (Å²) in [6, 6.07) is 3.89. The van der Waals surface area contributed by atoms with Crippen LogP contribution in [0.1, 0.15) is 13.8 Å². The number of nitrogens with two attached hydrogens (primary N) is 1. The van der Waals surface area contributed by atoms with Crippen LogP contribution in [0.4, 0.5) is 15.8 Å². The summed E-state index contributed by atoms with van der Waals surface area (Å²) >= 11 is 0. The van der Waals surface area contributed by atoms with E-state index in [9.17, 15) is 14.0 Å². The Labute approximate surface area is 104 Å². The van der Waals surface area contributed by atoms with E-state index >= 15 is 0 Å². The number of benzene rings is 1. The summed E-state index contributed by atoms with van der Waals surface area (Å²) in [5, 5.41) is 0. The van der Waals surface area contributed by atoms with Crippen molar-refractivity contribution in [1.82, 2.24) is 0 Å². The summed E-state index contributed by atoms with van der Waals surface area (Å²) in [6.45, 7) is 3.82. The number of fused-ring (bicyclic) bond motifs is 1. The average Bonchev–Trinajstić information content (AvgIpc) is 2.74. The normalized spacial score (nSPS) is 28.5. The zero-order chi connectivity index (χ0) is 13.2. The number of hydrogen-bond donors (Lipinski definition) is 1. The van der Waals surface area contributed by atoms with E-state index in [-0.39, 0.29) is 34.8 Å². The van der Waals surface area contributed by atoms with Gasteiger partial charge in [-0.1, -0.05) is 13.8 Å². The van der Waals surface area contributed by atoms with E-state index in [0.717, 1.165) is 4.90 Å². The maximum absolute atomic E-state index is 13.1. The Balaban J connectivity index is 1.98. The number of rotatable bonds is 1. The Morgan fingerprint density at radius 1 is 1.22 bits per heavy atom. The molecule has 2 fully saturated rings. The molecule has 0 bridgehead atoms. The molecule has 0 radical (unpaired) electrons. The Hall–Kier alpha value is -1.91. The van der Waals surface area contributed by atoms with Crippen LogP contribution in [0.2, 0.25) is 0 Å². The van der Waals surface area contributed by atoms with Gasteiger partial charge in [-0.05, 0) is 23.6 Å². The number of carbonyl (C=O) groups excluding carboxylic acids is 2. The van der Waals surface area contributed by atoms with Gasteiger partial charge in [0.1, 0.15) is 5.82 Å². The summed E-state index contributed by atoms with van der Waals surface area (Å²) in [7, 11) is 0. The highest BCUT2D eigenvalue weighted by Gasteiger charge is 2.72. The minimum atomic E-state index is -0.552. The highest BCUT2D eigenvalue weighted by atomic mass is 19.1. The van der Waals surface area contributed by atoms with Gasteiger partial charge in [0.05, 0.1) is 23.2 Å². The quantitative estimate of drug-likeness (QED) is 0.606. The molecule has 1 aromatic rings. The topological polar surface area (TPSA) is 63.4 Å². The van der Waals surface area contributed by atoms with Crippen LogP contribution in [-0.2, 0) is 9.59 Å². The Morgan fingerprint density at radius 3 is 2.28 bits per heavy atom. The van der Waals surface area contributed by atoms with Crippen molar-refractivity contribution in [3.63, 3.8) is 0 Å². The van der Waals surface area contributed by atoms with E-state index in [1.165, 1.54) is 18.2 Å². The van der Waals surface area contributed by atoms with E-state index in [1.54, 1.807) is 0 Å². The van der Waals surface area contributed by atoms with Crippen molar-refractivity contribution < 1.29 is 14.0 Å². The van der Waals surface area contributed by atoms with Crippen LogP contribution in [-0.4, -0.2) is 11.8 Å². The molecule has 5 heteroatoms. The van der Waals surface area contributed by atoms with Gasteiger partial charge in [0.15, 0.2) is 0 Å². The molecule has 3 rings (SSSR count). The first-order chi connectivity index (χ1) is 8.35. The van der Waals surface area contributed by atoms with E-state index in [4.69, 9.17) is 5.73 Å². The smallest absolute Gasteiger partial charge is 0.238 e. The molecule has 1 aliphatic carbocycles. The van der Waals surface area contributed by atoms with E-state index in [1.807, 2.05) is 13.8 Å². The van der Waals surface area contributed by atoms with Crippen molar-refractivity contribution in [3.05, 3.63) is 24.0 Å². The fourth-order valence-corrected chi connectivity index (χ4v) is 2.87. The van der Waals surface area contributed by atoms with Crippen LogP contribution in [0.3, 0.4) is 0 Å². The third-order valence-electron chi connectivity index (χ3n) is 4.04. The SMILES string of the molecule is CC1(C)C2C(=O)N(c3ccc(F)c(N)c3)C(=O)C21. The van der Waals surface area contributed by atoms with Crippen molar-refractivity contribution in [2.75, 3.05) is 10.6 Å². The number of piperidine rings is 1. The maximum atomic E-state index is 13.1.